The van der Waals surface area contributed by atoms with Gasteiger partial charge in [-0.25, -0.2) is 9.59 Å². The molecule has 0 saturated heterocycles. The van der Waals surface area contributed by atoms with Crippen LogP contribution in [0.2, 0.25) is 0 Å². The first-order valence-corrected chi connectivity index (χ1v) is 5.57. The molecule has 1 aromatic rings. The number of aliphatic hydroxyl groups is 1. The fourth-order valence-electron chi connectivity index (χ4n) is 1.29. The van der Waals surface area contributed by atoms with E-state index in [0.29, 0.717) is 12.7 Å². The first-order chi connectivity index (χ1) is 9.70. The summed E-state index contributed by atoms with van der Waals surface area (Å²) < 4.78 is 46.3. The summed E-state index contributed by atoms with van der Waals surface area (Å²) in [5.41, 5.74) is -3.66. The first-order valence-electron chi connectivity index (χ1n) is 5.57. The van der Waals surface area contributed by atoms with Crippen LogP contribution in [0.3, 0.4) is 0 Å². The van der Waals surface area contributed by atoms with Crippen molar-refractivity contribution in [2.45, 2.75) is 18.5 Å². The second-order valence-corrected chi connectivity index (χ2v) is 3.89. The Balaban J connectivity index is 2.72. The zero-order valence-electron chi connectivity index (χ0n) is 10.8. The number of methoxy groups -OCH3 is 1. The Morgan fingerprint density at radius 2 is 1.81 bits per heavy atom. The minimum absolute atomic E-state index is 0.332. The monoisotopic (exact) mass is 307 g/mol. The van der Waals surface area contributed by atoms with Gasteiger partial charge in [0.05, 0.1) is 7.11 Å². The van der Waals surface area contributed by atoms with Crippen molar-refractivity contribution in [3.05, 3.63) is 35.9 Å². The smallest absolute Gasteiger partial charge is 0.448 e. The molecule has 1 atom stereocenters. The van der Waals surface area contributed by atoms with E-state index in [1.54, 1.807) is 30.3 Å². The fourth-order valence-corrected chi connectivity index (χ4v) is 1.29. The standard InChI is InChI=1S/C12H12F3NO5/c1-20-9(17)11(19,12(13,14)15)16-10(18)21-7-8-5-3-2-4-6-8/h2-6,19H,7H2,1H3,(H,16,18)/t11-/m1/s1. The van der Waals surface area contributed by atoms with Crippen LogP contribution < -0.4 is 5.32 Å². The zero-order chi connectivity index (χ0) is 16.1. The maximum atomic E-state index is 12.6. The van der Waals surface area contributed by atoms with Gasteiger partial charge in [-0.3, -0.25) is 5.32 Å². The number of rotatable bonds is 4. The molecule has 6 nitrogen and oxygen atoms in total. The highest BCUT2D eigenvalue weighted by atomic mass is 19.4. The molecule has 2 N–H and O–H groups in total. The third-order valence-corrected chi connectivity index (χ3v) is 2.39. The van der Waals surface area contributed by atoms with E-state index in [4.69, 9.17) is 0 Å². The molecule has 0 fully saturated rings. The molecule has 9 heteroatoms. The molecule has 0 radical (unpaired) electrons. The Bertz CT molecular complexity index is 505. The van der Waals surface area contributed by atoms with Crippen molar-refractivity contribution in [3.63, 3.8) is 0 Å². The summed E-state index contributed by atoms with van der Waals surface area (Å²) in [4.78, 5) is 22.3. The van der Waals surface area contributed by atoms with E-state index < -0.39 is 24.0 Å². The zero-order valence-corrected chi connectivity index (χ0v) is 10.8. The Hall–Kier alpha value is -2.29. The molecule has 0 heterocycles. The molecular weight excluding hydrogens is 295 g/mol. The predicted octanol–water partition coefficient (Wildman–Crippen LogP) is 1.34. The molecular formula is C12H12F3NO5. The van der Waals surface area contributed by atoms with Gasteiger partial charge in [-0.05, 0) is 5.56 Å². The summed E-state index contributed by atoms with van der Waals surface area (Å²) in [7, 11) is 0.635. The third kappa shape index (κ3) is 4.09. The van der Waals surface area contributed by atoms with E-state index in [2.05, 4.69) is 9.47 Å². The van der Waals surface area contributed by atoms with Gasteiger partial charge in [0.25, 0.3) is 0 Å². The molecule has 1 aromatic carbocycles. The van der Waals surface area contributed by atoms with Gasteiger partial charge in [0.2, 0.25) is 0 Å². The van der Waals surface area contributed by atoms with Crippen LogP contribution in [0.5, 0.6) is 0 Å². The lowest BCUT2D eigenvalue weighted by molar-refractivity contribution is -0.269. The van der Waals surface area contributed by atoms with Crippen LogP contribution in [-0.2, 0) is 20.9 Å². The molecule has 0 spiro atoms. The summed E-state index contributed by atoms with van der Waals surface area (Å²) in [5.74, 6) is -2.08. The molecule has 116 valence electrons. The minimum Gasteiger partial charge on any atom is -0.465 e. The lowest BCUT2D eigenvalue weighted by Gasteiger charge is -2.27. The number of carbonyl (C=O) groups excluding carboxylic acids is 2. The molecule has 0 bridgehead atoms. The highest BCUT2D eigenvalue weighted by Crippen LogP contribution is 2.29. The number of hydrogen-bond donors (Lipinski definition) is 2. The molecule has 0 aliphatic heterocycles. The predicted molar refractivity (Wildman–Crippen MR) is 62.8 cm³/mol. The molecule has 21 heavy (non-hydrogen) atoms. The van der Waals surface area contributed by atoms with E-state index >= 15 is 0 Å². The first kappa shape index (κ1) is 16.8. The number of halogens is 3. The number of carbonyl (C=O) groups is 2. The highest BCUT2D eigenvalue weighted by molar-refractivity contribution is 5.84. The molecule has 0 aliphatic rings. The van der Waals surface area contributed by atoms with Crippen LogP contribution in [0.25, 0.3) is 0 Å². The fraction of sp³-hybridized carbons (Fsp3) is 0.333. The van der Waals surface area contributed by atoms with Gasteiger partial charge in [0, 0.05) is 0 Å². The highest BCUT2D eigenvalue weighted by Gasteiger charge is 2.62. The third-order valence-electron chi connectivity index (χ3n) is 2.39. The second kappa shape index (κ2) is 6.44. The Morgan fingerprint density at radius 1 is 1.24 bits per heavy atom. The van der Waals surface area contributed by atoms with Crippen molar-refractivity contribution < 1.29 is 37.3 Å². The van der Waals surface area contributed by atoms with Crippen LogP contribution in [0, 0.1) is 0 Å². The average molecular weight is 307 g/mol. The molecule has 0 saturated carbocycles. The summed E-state index contributed by atoms with van der Waals surface area (Å²) in [6, 6.07) is 8.12. The SMILES string of the molecule is COC(=O)[C@](O)(NC(=O)OCc1ccccc1)C(F)(F)F. The molecule has 1 amide bonds. The number of ether oxygens (including phenoxy) is 2. The van der Waals surface area contributed by atoms with Crippen molar-refractivity contribution in [1.29, 1.82) is 0 Å². The van der Waals surface area contributed by atoms with Gasteiger partial charge in [0.1, 0.15) is 6.61 Å². The van der Waals surface area contributed by atoms with E-state index in [9.17, 15) is 27.9 Å². The molecule has 0 unspecified atom stereocenters. The van der Waals surface area contributed by atoms with Crippen molar-refractivity contribution in [3.8, 4) is 0 Å². The molecule has 0 aromatic heterocycles. The Morgan fingerprint density at radius 3 is 2.29 bits per heavy atom. The van der Waals surface area contributed by atoms with Gasteiger partial charge < -0.3 is 14.6 Å². The van der Waals surface area contributed by atoms with E-state index in [0.717, 1.165) is 5.32 Å². The molecule has 1 rings (SSSR count). The number of nitrogens with one attached hydrogen (secondary N) is 1. The largest absolute Gasteiger partial charge is 0.465 e. The molecule has 0 aliphatic carbocycles. The minimum atomic E-state index is -5.47. The summed E-state index contributed by atoms with van der Waals surface area (Å²) >= 11 is 0. The number of hydrogen-bond acceptors (Lipinski definition) is 5. The van der Waals surface area contributed by atoms with Gasteiger partial charge >= 0.3 is 24.0 Å². The number of alkyl halides is 3. The van der Waals surface area contributed by atoms with E-state index in [-0.39, 0.29) is 6.61 Å². The number of alkyl carbamates (subject to hydrolysis) is 1. The average Bonchev–Trinajstić information content (AvgIpc) is 2.44. The van der Waals surface area contributed by atoms with Gasteiger partial charge in [-0.15, -0.1) is 0 Å². The van der Waals surface area contributed by atoms with Crippen molar-refractivity contribution in [2.75, 3.05) is 7.11 Å². The number of amides is 1. The topological polar surface area (TPSA) is 84.9 Å². The second-order valence-electron chi connectivity index (χ2n) is 3.89. The van der Waals surface area contributed by atoms with E-state index in [1.807, 2.05) is 0 Å². The summed E-state index contributed by atoms with van der Waals surface area (Å²) in [6.45, 7) is -0.332. The van der Waals surface area contributed by atoms with Gasteiger partial charge in [-0.1, -0.05) is 30.3 Å². The van der Waals surface area contributed by atoms with Crippen molar-refractivity contribution in [2.24, 2.45) is 0 Å². The Labute approximate surface area is 117 Å². The van der Waals surface area contributed by atoms with Crippen LogP contribution in [0.1, 0.15) is 5.56 Å². The van der Waals surface area contributed by atoms with E-state index in [1.165, 1.54) is 0 Å². The van der Waals surface area contributed by atoms with Gasteiger partial charge in [0.15, 0.2) is 0 Å². The summed E-state index contributed by atoms with van der Waals surface area (Å²) in [5, 5.41) is 10.3. The maximum Gasteiger partial charge on any atom is 0.448 e. The van der Waals surface area contributed by atoms with Crippen LogP contribution in [0.4, 0.5) is 18.0 Å². The van der Waals surface area contributed by atoms with Gasteiger partial charge in [-0.2, -0.15) is 13.2 Å². The maximum absolute atomic E-state index is 12.6. The van der Waals surface area contributed by atoms with Crippen molar-refractivity contribution in [1.82, 2.24) is 5.32 Å². The van der Waals surface area contributed by atoms with Crippen LogP contribution in [0.15, 0.2) is 30.3 Å². The number of esters is 1. The number of benzene rings is 1. The summed E-state index contributed by atoms with van der Waals surface area (Å²) in [6.07, 6.45) is -7.09. The van der Waals surface area contributed by atoms with Crippen LogP contribution >= 0.6 is 0 Å². The Kier molecular flexibility index (Phi) is 5.14. The quantitative estimate of drug-likeness (QED) is 0.647. The van der Waals surface area contributed by atoms with Crippen molar-refractivity contribution >= 4 is 12.1 Å². The van der Waals surface area contributed by atoms with Crippen LogP contribution in [-0.4, -0.2) is 36.2 Å². The normalized spacial score (nSPS) is 14.0. The lowest BCUT2D eigenvalue weighted by Crippen LogP contribution is -2.64. The lowest BCUT2D eigenvalue weighted by atomic mass is 10.2.